The monoisotopic (exact) mass is 691 g/mol. The Bertz CT molecular complexity index is 2390. The Morgan fingerprint density at radius 2 is 0.941 bits per heavy atom. The molecule has 8 rings (SSSR count). The Balaban J connectivity index is 0.000000529. The number of aliphatic carboxylic acids is 1. The second-order valence-electron chi connectivity index (χ2n) is 12.1. The number of aromatic nitrogens is 2. The molecule has 0 aliphatic heterocycles. The van der Waals surface area contributed by atoms with Gasteiger partial charge in [-0.05, 0) is 25.1 Å². The van der Waals surface area contributed by atoms with E-state index in [1.165, 1.54) is 0 Å². The first-order valence-corrected chi connectivity index (χ1v) is 16.1. The van der Waals surface area contributed by atoms with E-state index in [4.69, 9.17) is 9.90 Å². The summed E-state index contributed by atoms with van der Waals surface area (Å²) in [5.74, 6) is -2.86. The molecule has 0 fully saturated rings. The number of alkyl halides is 3. The third-order valence-corrected chi connectivity index (χ3v) is 9.16. The minimum absolute atomic E-state index is 0.0490. The Kier molecular flexibility index (Phi) is 8.47. The van der Waals surface area contributed by atoms with Crippen molar-refractivity contribution in [2.75, 3.05) is 13.1 Å². The highest BCUT2D eigenvalue weighted by atomic mass is 19.4. The van der Waals surface area contributed by atoms with Crippen molar-refractivity contribution in [2.24, 2.45) is 0 Å². The molecule has 256 valence electrons. The Morgan fingerprint density at radius 1 is 0.569 bits per heavy atom. The van der Waals surface area contributed by atoms with Crippen LogP contribution in [0.15, 0.2) is 107 Å². The highest BCUT2D eigenvalue weighted by Gasteiger charge is 2.38. The maximum Gasteiger partial charge on any atom is 0.490 e. The molecule has 2 aliphatic rings. The maximum absolute atomic E-state index is 13.7. The van der Waals surface area contributed by atoms with Crippen LogP contribution in [0.3, 0.4) is 0 Å². The third kappa shape index (κ3) is 5.63. The van der Waals surface area contributed by atoms with Gasteiger partial charge in [0.25, 0.3) is 11.1 Å². The van der Waals surface area contributed by atoms with E-state index in [0.717, 1.165) is 11.1 Å². The highest BCUT2D eigenvalue weighted by Crippen LogP contribution is 2.40. The lowest BCUT2D eigenvalue weighted by Crippen LogP contribution is -2.30. The van der Waals surface area contributed by atoms with Crippen molar-refractivity contribution in [3.63, 3.8) is 0 Å². The number of benzene rings is 4. The minimum atomic E-state index is -5.08. The van der Waals surface area contributed by atoms with Crippen molar-refractivity contribution in [3.05, 3.63) is 140 Å². The number of carbonyl (C=O) groups excluding carboxylic acids is 2. The number of fused-ring (bicyclic) bond motifs is 10. The number of ketones is 2. The number of carbonyl (C=O) groups is 3. The summed E-state index contributed by atoms with van der Waals surface area (Å²) in [5.41, 5.74) is 5.14. The zero-order chi connectivity index (χ0) is 36.0. The van der Waals surface area contributed by atoms with Crippen molar-refractivity contribution in [1.82, 2.24) is 14.5 Å². The number of nitrogens with zero attached hydrogens (tertiary/aromatic N) is 2. The van der Waals surface area contributed by atoms with E-state index in [2.05, 4.69) is 5.32 Å². The number of carboxylic acids is 1. The van der Waals surface area contributed by atoms with Crippen LogP contribution in [0.1, 0.15) is 38.3 Å². The van der Waals surface area contributed by atoms with Gasteiger partial charge in [-0.25, -0.2) is 4.79 Å². The quantitative estimate of drug-likeness (QED) is 0.195. The Labute approximate surface area is 287 Å². The zero-order valence-electron chi connectivity index (χ0n) is 26.8. The second kappa shape index (κ2) is 13.0. The molecule has 0 amide bonds. The van der Waals surface area contributed by atoms with Crippen LogP contribution in [0, 0.1) is 0 Å². The normalized spacial score (nSPS) is 12.7. The molecule has 0 spiro atoms. The molecule has 2 N–H and O–H groups in total. The molecule has 0 atom stereocenters. The van der Waals surface area contributed by atoms with E-state index in [1.807, 2.05) is 84.9 Å². The molecule has 0 bridgehead atoms. The smallest absolute Gasteiger partial charge is 0.475 e. The van der Waals surface area contributed by atoms with Crippen molar-refractivity contribution in [3.8, 4) is 22.5 Å². The lowest BCUT2D eigenvalue weighted by Gasteiger charge is -2.16. The molecule has 2 aromatic heterocycles. The number of hydrogen-bond donors (Lipinski definition) is 2. The van der Waals surface area contributed by atoms with E-state index in [-0.39, 0.29) is 22.7 Å². The van der Waals surface area contributed by atoms with E-state index < -0.39 is 12.1 Å². The first kappa shape index (κ1) is 33.4. The van der Waals surface area contributed by atoms with Crippen LogP contribution in [0.5, 0.6) is 0 Å². The topological polar surface area (TPSA) is 127 Å². The fraction of sp³-hybridized carbons (Fsp3) is 0.154. The summed E-state index contributed by atoms with van der Waals surface area (Å²) in [6.45, 7) is 1.94. The summed E-state index contributed by atoms with van der Waals surface area (Å²) in [7, 11) is 0. The first-order chi connectivity index (χ1) is 24.5. The summed E-state index contributed by atoms with van der Waals surface area (Å²) < 4.78 is 35.2. The third-order valence-electron chi connectivity index (χ3n) is 9.16. The number of rotatable bonds is 7. The molecule has 51 heavy (non-hydrogen) atoms. The van der Waals surface area contributed by atoms with Gasteiger partial charge in [-0.3, -0.25) is 19.2 Å². The number of halogens is 3. The number of nitrogens with one attached hydrogen (secondary N) is 1. The van der Waals surface area contributed by atoms with Crippen LogP contribution in [-0.4, -0.2) is 51.0 Å². The van der Waals surface area contributed by atoms with Crippen molar-refractivity contribution in [2.45, 2.75) is 25.7 Å². The Morgan fingerprint density at radius 3 is 1.37 bits per heavy atom. The van der Waals surface area contributed by atoms with Gasteiger partial charge in [0.1, 0.15) is 0 Å². The Hall–Kier alpha value is -6.14. The molecule has 0 saturated carbocycles. The van der Waals surface area contributed by atoms with Gasteiger partial charge in [0.15, 0.2) is 11.6 Å². The van der Waals surface area contributed by atoms with Gasteiger partial charge in [-0.2, -0.15) is 13.2 Å². The van der Waals surface area contributed by atoms with E-state index in [1.54, 1.807) is 21.3 Å². The van der Waals surface area contributed by atoms with Gasteiger partial charge in [0.05, 0.1) is 22.5 Å². The lowest BCUT2D eigenvalue weighted by molar-refractivity contribution is -0.192. The second-order valence-corrected chi connectivity index (χ2v) is 12.1. The molecule has 9 nitrogen and oxygen atoms in total. The molecule has 4 aromatic carbocycles. The highest BCUT2D eigenvalue weighted by molar-refractivity contribution is 6.27. The largest absolute Gasteiger partial charge is 0.490 e. The van der Waals surface area contributed by atoms with Crippen LogP contribution < -0.4 is 16.4 Å². The molecular weight excluding hydrogens is 663 g/mol. The molecule has 2 heterocycles. The average Bonchev–Trinajstić information content (AvgIpc) is 3.59. The van der Waals surface area contributed by atoms with Gasteiger partial charge in [-0.15, -0.1) is 0 Å². The summed E-state index contributed by atoms with van der Waals surface area (Å²) >= 11 is 0. The van der Waals surface area contributed by atoms with Gasteiger partial charge < -0.3 is 19.6 Å². The van der Waals surface area contributed by atoms with Crippen molar-refractivity contribution in [1.29, 1.82) is 0 Å². The molecule has 0 saturated heterocycles. The van der Waals surface area contributed by atoms with E-state index >= 15 is 0 Å². The van der Waals surface area contributed by atoms with Crippen LogP contribution in [0.2, 0.25) is 0 Å². The number of hydrogen-bond acceptors (Lipinski definition) is 6. The summed E-state index contributed by atoms with van der Waals surface area (Å²) in [6.07, 6.45) is -4.44. The minimum Gasteiger partial charge on any atom is -0.475 e. The van der Waals surface area contributed by atoms with Crippen LogP contribution >= 0.6 is 0 Å². The van der Waals surface area contributed by atoms with Crippen LogP contribution in [-0.2, 0) is 17.9 Å². The predicted molar refractivity (Wildman–Crippen MR) is 185 cm³/mol. The fourth-order valence-corrected chi connectivity index (χ4v) is 6.96. The predicted octanol–water partition coefficient (Wildman–Crippen LogP) is 6.05. The molecule has 0 radical (unpaired) electrons. The summed E-state index contributed by atoms with van der Waals surface area (Å²) in [4.78, 5) is 63.0. The van der Waals surface area contributed by atoms with Crippen LogP contribution in [0.25, 0.3) is 44.1 Å². The lowest BCUT2D eigenvalue weighted by atomic mass is 10.0. The standard InChI is InChI=1S/C37H27N3O4.C2HF3O2/c41-34-26-14-5-3-12-24(26)32-30(34)22-10-1-7-16-28(22)36(43)39(32)20-9-18-38-19-21-40-33-25-13-4-6-15-27(25)35(42)31(33)23-11-2-8-17-29(23)37(40)44;3-2(4,5)1(6)7/h1-8,10-17,38H,9,18-21H2;(H,6,7). The molecule has 0 unspecified atom stereocenters. The SMILES string of the molecule is O=C(O)C(F)(F)F.O=C1c2ccccc2-c2c1c1ccccc1c(=O)n2CCCNCCn1c2c(c3ccccc3c1=O)C(=O)c1ccccc1-2. The van der Waals surface area contributed by atoms with Gasteiger partial charge >= 0.3 is 12.1 Å². The molecule has 6 aromatic rings. The van der Waals surface area contributed by atoms with Gasteiger partial charge in [0, 0.05) is 63.4 Å². The number of pyridine rings is 2. The summed E-state index contributed by atoms with van der Waals surface area (Å²) in [6, 6.07) is 29.5. The zero-order valence-corrected chi connectivity index (χ0v) is 26.8. The van der Waals surface area contributed by atoms with E-state index in [9.17, 15) is 32.3 Å². The fourth-order valence-electron chi connectivity index (χ4n) is 6.96. The van der Waals surface area contributed by atoms with Crippen molar-refractivity contribution >= 4 is 39.1 Å². The first-order valence-electron chi connectivity index (χ1n) is 16.1. The van der Waals surface area contributed by atoms with Crippen molar-refractivity contribution < 1.29 is 32.7 Å². The molecule has 2 aliphatic carbocycles. The number of carboxylic acid groups (broad SMARTS) is 1. The molecular formula is C39H28F3N3O6. The maximum atomic E-state index is 13.7. The van der Waals surface area contributed by atoms with Gasteiger partial charge in [-0.1, -0.05) is 84.9 Å². The van der Waals surface area contributed by atoms with E-state index in [0.29, 0.717) is 87.8 Å². The van der Waals surface area contributed by atoms with Gasteiger partial charge in [0.2, 0.25) is 0 Å². The molecule has 12 heteroatoms. The average molecular weight is 692 g/mol. The van der Waals surface area contributed by atoms with Crippen LogP contribution in [0.4, 0.5) is 13.2 Å². The summed E-state index contributed by atoms with van der Waals surface area (Å²) in [5, 5.41) is 13.0.